The third kappa shape index (κ3) is 5.93. The first-order chi connectivity index (χ1) is 13.4. The number of unbranched alkanes of at least 4 members (excludes halogenated alkanes) is 3. The number of amides is 2. The highest BCUT2D eigenvalue weighted by molar-refractivity contribution is 6.01. The standard InChI is InChI=1S/C18H23N3O7/c1-2-3-4-5-8-19-16(22)11-28-18(24)10-20-14-9-13(21(25)26)6-7-15(14)27-12-17(20)23/h6-7,9H,2-5,8,10-12H2,1H3,(H,19,22). The summed E-state index contributed by atoms with van der Waals surface area (Å²) in [6.45, 7) is 1.38. The number of ether oxygens (including phenoxy) is 2. The van der Waals surface area contributed by atoms with Crippen LogP contribution in [0.1, 0.15) is 32.6 Å². The second kappa shape index (κ2) is 10.2. The monoisotopic (exact) mass is 393 g/mol. The van der Waals surface area contributed by atoms with E-state index >= 15 is 0 Å². The number of nitro benzene ring substituents is 1. The van der Waals surface area contributed by atoms with E-state index in [1.54, 1.807) is 0 Å². The van der Waals surface area contributed by atoms with E-state index < -0.39 is 35.9 Å². The number of non-ortho nitro benzene ring substituents is 1. The molecular formula is C18H23N3O7. The second-order valence-corrected chi connectivity index (χ2v) is 6.25. The van der Waals surface area contributed by atoms with Crippen LogP contribution in [-0.2, 0) is 19.1 Å². The summed E-state index contributed by atoms with van der Waals surface area (Å²) < 4.78 is 10.1. The van der Waals surface area contributed by atoms with Gasteiger partial charge in [-0.2, -0.15) is 0 Å². The molecule has 1 aliphatic rings. The van der Waals surface area contributed by atoms with Gasteiger partial charge in [0.2, 0.25) is 0 Å². The summed E-state index contributed by atoms with van der Waals surface area (Å²) in [7, 11) is 0. The number of nitrogens with one attached hydrogen (secondary N) is 1. The molecule has 2 rings (SSSR count). The minimum absolute atomic E-state index is 0.114. The van der Waals surface area contributed by atoms with Gasteiger partial charge in [0.1, 0.15) is 12.3 Å². The maximum Gasteiger partial charge on any atom is 0.326 e. The highest BCUT2D eigenvalue weighted by Crippen LogP contribution is 2.35. The van der Waals surface area contributed by atoms with Crippen LogP contribution >= 0.6 is 0 Å². The van der Waals surface area contributed by atoms with Crippen LogP contribution in [0.25, 0.3) is 0 Å². The molecule has 0 radical (unpaired) electrons. The molecule has 0 unspecified atom stereocenters. The van der Waals surface area contributed by atoms with E-state index in [0.29, 0.717) is 6.54 Å². The van der Waals surface area contributed by atoms with Crippen LogP contribution in [-0.4, -0.2) is 49.0 Å². The highest BCUT2D eigenvalue weighted by atomic mass is 16.6. The van der Waals surface area contributed by atoms with Crippen molar-refractivity contribution in [1.29, 1.82) is 0 Å². The second-order valence-electron chi connectivity index (χ2n) is 6.25. The summed E-state index contributed by atoms with van der Waals surface area (Å²) in [6.07, 6.45) is 4.06. The van der Waals surface area contributed by atoms with Crippen molar-refractivity contribution in [2.75, 3.05) is 31.2 Å². The van der Waals surface area contributed by atoms with Crippen molar-refractivity contribution in [2.45, 2.75) is 32.6 Å². The average molecular weight is 393 g/mol. The summed E-state index contributed by atoms with van der Waals surface area (Å²) in [6, 6.07) is 3.77. The zero-order valence-electron chi connectivity index (χ0n) is 15.6. The summed E-state index contributed by atoms with van der Waals surface area (Å²) >= 11 is 0. The smallest absolute Gasteiger partial charge is 0.326 e. The zero-order chi connectivity index (χ0) is 20.5. The van der Waals surface area contributed by atoms with Crippen LogP contribution in [0.4, 0.5) is 11.4 Å². The largest absolute Gasteiger partial charge is 0.482 e. The first kappa shape index (κ1) is 21.1. The minimum Gasteiger partial charge on any atom is -0.482 e. The van der Waals surface area contributed by atoms with Crippen LogP contribution < -0.4 is 15.0 Å². The van der Waals surface area contributed by atoms with E-state index in [0.717, 1.165) is 36.6 Å². The Morgan fingerprint density at radius 1 is 1.32 bits per heavy atom. The third-order valence-electron chi connectivity index (χ3n) is 4.10. The number of esters is 1. The normalized spacial score (nSPS) is 12.8. The number of hydrogen-bond donors (Lipinski definition) is 1. The highest BCUT2D eigenvalue weighted by Gasteiger charge is 2.29. The van der Waals surface area contributed by atoms with Gasteiger partial charge in [-0.05, 0) is 12.5 Å². The van der Waals surface area contributed by atoms with Crippen LogP contribution in [0.5, 0.6) is 5.75 Å². The molecule has 28 heavy (non-hydrogen) atoms. The van der Waals surface area contributed by atoms with Crippen molar-refractivity contribution in [3.8, 4) is 5.75 Å². The molecule has 0 fully saturated rings. The molecule has 0 aliphatic carbocycles. The van der Waals surface area contributed by atoms with Crippen LogP contribution in [0.2, 0.25) is 0 Å². The number of anilines is 1. The van der Waals surface area contributed by atoms with Crippen molar-refractivity contribution >= 4 is 29.2 Å². The van der Waals surface area contributed by atoms with E-state index in [9.17, 15) is 24.5 Å². The molecule has 0 saturated carbocycles. The molecule has 10 nitrogen and oxygen atoms in total. The van der Waals surface area contributed by atoms with Crippen LogP contribution in [0, 0.1) is 10.1 Å². The molecule has 2 amide bonds. The average Bonchev–Trinajstić information content (AvgIpc) is 2.68. The molecule has 0 atom stereocenters. The predicted molar refractivity (Wildman–Crippen MR) is 99.1 cm³/mol. The number of nitro groups is 1. The number of nitrogens with zero attached hydrogens (tertiary/aromatic N) is 2. The predicted octanol–water partition coefficient (Wildman–Crippen LogP) is 1.56. The summed E-state index contributed by atoms with van der Waals surface area (Å²) in [5.41, 5.74) is -0.124. The Hall–Kier alpha value is -3.17. The quantitative estimate of drug-likeness (QED) is 0.276. The van der Waals surface area contributed by atoms with E-state index in [2.05, 4.69) is 12.2 Å². The SMILES string of the molecule is CCCCCCNC(=O)COC(=O)CN1C(=O)COc2ccc([N+](=O)[O-])cc21. The fourth-order valence-electron chi connectivity index (χ4n) is 2.63. The van der Waals surface area contributed by atoms with Gasteiger partial charge in [0, 0.05) is 18.7 Å². The third-order valence-corrected chi connectivity index (χ3v) is 4.10. The van der Waals surface area contributed by atoms with Gasteiger partial charge in [0.05, 0.1) is 10.6 Å². The molecule has 0 saturated heterocycles. The van der Waals surface area contributed by atoms with Crippen molar-refractivity contribution in [2.24, 2.45) is 0 Å². The molecule has 1 N–H and O–H groups in total. The zero-order valence-corrected chi connectivity index (χ0v) is 15.6. The van der Waals surface area contributed by atoms with Crippen molar-refractivity contribution in [1.82, 2.24) is 5.32 Å². The number of rotatable bonds is 10. The molecular weight excluding hydrogens is 370 g/mol. The van der Waals surface area contributed by atoms with Crippen LogP contribution in [0.15, 0.2) is 18.2 Å². The lowest BCUT2D eigenvalue weighted by atomic mass is 10.2. The number of benzene rings is 1. The molecule has 1 heterocycles. The van der Waals surface area contributed by atoms with E-state index in [-0.39, 0.29) is 23.7 Å². The molecule has 152 valence electrons. The van der Waals surface area contributed by atoms with Gasteiger partial charge in [-0.3, -0.25) is 29.4 Å². The van der Waals surface area contributed by atoms with Gasteiger partial charge in [-0.15, -0.1) is 0 Å². The first-order valence-corrected chi connectivity index (χ1v) is 9.06. The number of hydrogen-bond acceptors (Lipinski definition) is 7. The molecule has 1 aromatic carbocycles. The summed E-state index contributed by atoms with van der Waals surface area (Å²) in [5, 5.41) is 13.6. The molecule has 1 aliphatic heterocycles. The Labute approximate surface area is 161 Å². The molecule has 0 bridgehead atoms. The van der Waals surface area contributed by atoms with Gasteiger partial charge in [-0.25, -0.2) is 0 Å². The lowest BCUT2D eigenvalue weighted by molar-refractivity contribution is -0.384. The van der Waals surface area contributed by atoms with E-state index in [4.69, 9.17) is 9.47 Å². The van der Waals surface area contributed by atoms with Gasteiger partial charge in [-0.1, -0.05) is 26.2 Å². The Bertz CT molecular complexity index is 751. The van der Waals surface area contributed by atoms with Gasteiger partial charge >= 0.3 is 5.97 Å². The van der Waals surface area contributed by atoms with E-state index in [1.807, 2.05) is 0 Å². The van der Waals surface area contributed by atoms with Gasteiger partial charge in [0.25, 0.3) is 17.5 Å². The fourth-order valence-corrected chi connectivity index (χ4v) is 2.63. The molecule has 1 aromatic rings. The molecule has 0 aromatic heterocycles. The topological polar surface area (TPSA) is 128 Å². The van der Waals surface area contributed by atoms with E-state index in [1.165, 1.54) is 12.1 Å². The number of fused-ring (bicyclic) bond motifs is 1. The Balaban J connectivity index is 1.88. The number of carbonyl (C=O) groups excluding carboxylic acids is 3. The minimum atomic E-state index is -0.797. The lowest BCUT2D eigenvalue weighted by Crippen LogP contribution is -2.43. The maximum atomic E-state index is 12.1. The fraction of sp³-hybridized carbons (Fsp3) is 0.500. The van der Waals surface area contributed by atoms with Crippen molar-refractivity contribution in [3.05, 3.63) is 28.3 Å². The van der Waals surface area contributed by atoms with Crippen molar-refractivity contribution < 1.29 is 28.8 Å². The number of carbonyl (C=O) groups is 3. The van der Waals surface area contributed by atoms with Gasteiger partial charge < -0.3 is 14.8 Å². The molecule has 10 heteroatoms. The maximum absolute atomic E-state index is 12.1. The summed E-state index contributed by atoms with van der Waals surface area (Å²) in [4.78, 5) is 47.2. The first-order valence-electron chi connectivity index (χ1n) is 9.06. The van der Waals surface area contributed by atoms with Gasteiger partial charge in [0.15, 0.2) is 13.2 Å². The lowest BCUT2D eigenvalue weighted by Gasteiger charge is -2.28. The van der Waals surface area contributed by atoms with Crippen molar-refractivity contribution in [3.63, 3.8) is 0 Å². The molecule has 0 spiro atoms. The Morgan fingerprint density at radius 2 is 2.11 bits per heavy atom. The Morgan fingerprint density at radius 3 is 2.82 bits per heavy atom. The Kier molecular flexibility index (Phi) is 7.73. The van der Waals surface area contributed by atoms with Crippen LogP contribution in [0.3, 0.4) is 0 Å². The summed E-state index contributed by atoms with van der Waals surface area (Å²) in [5.74, 6) is -1.50.